The lowest BCUT2D eigenvalue weighted by Gasteiger charge is -2.33. The van der Waals surface area contributed by atoms with Crippen molar-refractivity contribution in [2.75, 3.05) is 44.6 Å². The first-order chi connectivity index (χ1) is 14.4. The van der Waals surface area contributed by atoms with Gasteiger partial charge in [0.2, 0.25) is 15.9 Å². The number of hydrogen-bond donors (Lipinski definition) is 1. The van der Waals surface area contributed by atoms with E-state index in [0.717, 1.165) is 0 Å². The molecule has 30 heavy (non-hydrogen) atoms. The average Bonchev–Trinajstić information content (AvgIpc) is 2.75. The standard InChI is InChI=1S/C21H26ClN3O4S/c1-2-29-17-7-9-18(10-8-17)30(27,28)25-15-13-24(14-16-25)12-11-21(26)23-20-6-4-3-5-19(20)22/h3-10H,2,11-16H2,1H3,(H,23,26). The van der Waals surface area contributed by atoms with Crippen molar-refractivity contribution in [2.45, 2.75) is 18.2 Å². The first-order valence-electron chi connectivity index (χ1n) is 9.90. The van der Waals surface area contributed by atoms with E-state index in [-0.39, 0.29) is 10.8 Å². The van der Waals surface area contributed by atoms with Crippen LogP contribution in [0.5, 0.6) is 5.75 Å². The van der Waals surface area contributed by atoms with Crippen LogP contribution in [0.15, 0.2) is 53.4 Å². The summed E-state index contributed by atoms with van der Waals surface area (Å²) in [7, 11) is -3.54. The molecule has 0 aromatic heterocycles. The van der Waals surface area contributed by atoms with Gasteiger partial charge in [0.15, 0.2) is 0 Å². The molecule has 1 amide bonds. The molecule has 1 fully saturated rings. The van der Waals surface area contributed by atoms with E-state index in [1.165, 1.54) is 4.31 Å². The summed E-state index contributed by atoms with van der Waals surface area (Å²) in [6.07, 6.45) is 0.316. The van der Waals surface area contributed by atoms with E-state index in [9.17, 15) is 13.2 Å². The number of carbonyl (C=O) groups is 1. The fourth-order valence-corrected chi connectivity index (χ4v) is 4.86. The van der Waals surface area contributed by atoms with Gasteiger partial charge >= 0.3 is 0 Å². The van der Waals surface area contributed by atoms with Gasteiger partial charge < -0.3 is 15.0 Å². The highest BCUT2D eigenvalue weighted by molar-refractivity contribution is 7.89. The second-order valence-electron chi connectivity index (χ2n) is 6.93. The maximum atomic E-state index is 12.9. The van der Waals surface area contributed by atoms with E-state index in [1.807, 2.05) is 13.0 Å². The molecule has 2 aromatic carbocycles. The third kappa shape index (κ3) is 5.72. The van der Waals surface area contributed by atoms with Gasteiger partial charge in [-0.3, -0.25) is 4.79 Å². The molecule has 0 bridgehead atoms. The van der Waals surface area contributed by atoms with E-state index in [2.05, 4.69) is 10.2 Å². The van der Waals surface area contributed by atoms with Gasteiger partial charge in [-0.1, -0.05) is 23.7 Å². The molecule has 9 heteroatoms. The fourth-order valence-electron chi connectivity index (χ4n) is 3.25. The molecule has 0 radical (unpaired) electrons. The predicted molar refractivity (Wildman–Crippen MR) is 118 cm³/mol. The van der Waals surface area contributed by atoms with Crippen LogP contribution >= 0.6 is 11.6 Å². The lowest BCUT2D eigenvalue weighted by molar-refractivity contribution is -0.116. The maximum absolute atomic E-state index is 12.9. The minimum Gasteiger partial charge on any atom is -0.494 e. The number of amides is 1. The van der Waals surface area contributed by atoms with Crippen LogP contribution in [-0.4, -0.2) is 62.9 Å². The zero-order valence-electron chi connectivity index (χ0n) is 16.9. The molecule has 7 nitrogen and oxygen atoms in total. The number of ether oxygens (including phenoxy) is 1. The van der Waals surface area contributed by atoms with Gasteiger partial charge in [0.05, 0.1) is 22.2 Å². The fraction of sp³-hybridized carbons (Fsp3) is 0.381. The summed E-state index contributed by atoms with van der Waals surface area (Å²) in [5.74, 6) is 0.531. The molecule has 0 spiro atoms. The van der Waals surface area contributed by atoms with Crippen molar-refractivity contribution in [3.63, 3.8) is 0 Å². The summed E-state index contributed by atoms with van der Waals surface area (Å²) >= 11 is 6.06. The van der Waals surface area contributed by atoms with E-state index in [4.69, 9.17) is 16.3 Å². The normalized spacial score (nSPS) is 15.7. The van der Waals surface area contributed by atoms with Crippen molar-refractivity contribution in [2.24, 2.45) is 0 Å². The average molecular weight is 452 g/mol. The molecule has 1 saturated heterocycles. The van der Waals surface area contributed by atoms with Crippen LogP contribution in [0.2, 0.25) is 5.02 Å². The minimum atomic E-state index is -3.54. The monoisotopic (exact) mass is 451 g/mol. The number of anilines is 1. The Hall–Kier alpha value is -2.13. The predicted octanol–water partition coefficient (Wildman–Crippen LogP) is 3.07. The Morgan fingerprint density at radius 1 is 1.07 bits per heavy atom. The van der Waals surface area contributed by atoms with E-state index in [0.29, 0.717) is 62.2 Å². The first-order valence-corrected chi connectivity index (χ1v) is 11.7. The van der Waals surface area contributed by atoms with Crippen molar-refractivity contribution >= 4 is 33.2 Å². The molecule has 0 unspecified atom stereocenters. The van der Waals surface area contributed by atoms with Crippen LogP contribution in [0.3, 0.4) is 0 Å². The number of sulfonamides is 1. The third-order valence-electron chi connectivity index (χ3n) is 4.91. The molecule has 0 atom stereocenters. The number of para-hydroxylation sites is 1. The Morgan fingerprint density at radius 3 is 2.37 bits per heavy atom. The second-order valence-corrected chi connectivity index (χ2v) is 9.27. The van der Waals surface area contributed by atoms with Gasteiger partial charge in [0.25, 0.3) is 0 Å². The molecular formula is C21H26ClN3O4S. The van der Waals surface area contributed by atoms with E-state index >= 15 is 0 Å². The van der Waals surface area contributed by atoms with Crippen LogP contribution in [0.25, 0.3) is 0 Å². The van der Waals surface area contributed by atoms with Gasteiger partial charge in [-0.25, -0.2) is 8.42 Å². The van der Waals surface area contributed by atoms with Crippen LogP contribution in [0, 0.1) is 0 Å². The van der Waals surface area contributed by atoms with Crippen molar-refractivity contribution in [1.29, 1.82) is 0 Å². The third-order valence-corrected chi connectivity index (χ3v) is 7.15. The van der Waals surface area contributed by atoms with Crippen molar-refractivity contribution < 1.29 is 17.9 Å². The van der Waals surface area contributed by atoms with Crippen molar-refractivity contribution in [1.82, 2.24) is 9.21 Å². The lowest BCUT2D eigenvalue weighted by Crippen LogP contribution is -2.49. The Labute approximate surface area is 182 Å². The molecule has 1 N–H and O–H groups in total. The number of carbonyl (C=O) groups excluding carboxylic acids is 1. The molecule has 162 valence electrons. The van der Waals surface area contributed by atoms with Gasteiger partial charge in [-0.2, -0.15) is 4.31 Å². The molecule has 1 aliphatic rings. The number of nitrogens with zero attached hydrogens (tertiary/aromatic N) is 2. The molecule has 0 saturated carbocycles. The summed E-state index contributed by atoms with van der Waals surface area (Å²) in [4.78, 5) is 14.5. The quantitative estimate of drug-likeness (QED) is 0.667. The number of rotatable bonds is 8. The maximum Gasteiger partial charge on any atom is 0.243 e. The summed E-state index contributed by atoms with van der Waals surface area (Å²) in [6.45, 7) is 4.91. The summed E-state index contributed by atoms with van der Waals surface area (Å²) < 4.78 is 32.6. The van der Waals surface area contributed by atoms with Crippen LogP contribution < -0.4 is 10.1 Å². The molecule has 2 aromatic rings. The smallest absolute Gasteiger partial charge is 0.243 e. The number of piperazine rings is 1. The SMILES string of the molecule is CCOc1ccc(S(=O)(=O)N2CCN(CCC(=O)Nc3ccccc3Cl)CC2)cc1. The zero-order valence-corrected chi connectivity index (χ0v) is 18.5. The van der Waals surface area contributed by atoms with Crippen LogP contribution in [0.4, 0.5) is 5.69 Å². The van der Waals surface area contributed by atoms with Gasteiger partial charge in [-0.05, 0) is 43.3 Å². The highest BCUT2D eigenvalue weighted by Gasteiger charge is 2.28. The molecule has 0 aliphatic carbocycles. The van der Waals surface area contributed by atoms with Gasteiger partial charge in [0, 0.05) is 39.1 Å². The molecular weight excluding hydrogens is 426 g/mol. The van der Waals surface area contributed by atoms with E-state index in [1.54, 1.807) is 42.5 Å². The van der Waals surface area contributed by atoms with Crippen molar-refractivity contribution in [3.8, 4) is 5.75 Å². The van der Waals surface area contributed by atoms with Crippen LogP contribution in [-0.2, 0) is 14.8 Å². The number of halogens is 1. The molecule has 1 heterocycles. The minimum absolute atomic E-state index is 0.118. The second kappa shape index (κ2) is 10.3. The Bertz CT molecular complexity index is 958. The lowest BCUT2D eigenvalue weighted by atomic mass is 10.3. The number of hydrogen-bond acceptors (Lipinski definition) is 5. The highest BCUT2D eigenvalue weighted by Crippen LogP contribution is 2.22. The zero-order chi connectivity index (χ0) is 21.6. The molecule has 3 rings (SSSR count). The summed E-state index contributed by atoms with van der Waals surface area (Å²) in [5.41, 5.74) is 0.593. The summed E-state index contributed by atoms with van der Waals surface area (Å²) in [5, 5.41) is 3.30. The Balaban J connectivity index is 1.48. The largest absolute Gasteiger partial charge is 0.494 e. The Morgan fingerprint density at radius 2 is 1.73 bits per heavy atom. The summed E-state index contributed by atoms with van der Waals surface area (Å²) in [6, 6.07) is 13.6. The topological polar surface area (TPSA) is 79.0 Å². The van der Waals surface area contributed by atoms with Gasteiger partial charge in [0.1, 0.15) is 5.75 Å². The highest BCUT2D eigenvalue weighted by atomic mass is 35.5. The Kier molecular flexibility index (Phi) is 7.71. The van der Waals surface area contributed by atoms with E-state index < -0.39 is 10.0 Å². The number of nitrogens with one attached hydrogen (secondary N) is 1. The van der Waals surface area contributed by atoms with Gasteiger partial charge in [-0.15, -0.1) is 0 Å². The van der Waals surface area contributed by atoms with Crippen LogP contribution in [0.1, 0.15) is 13.3 Å². The first kappa shape index (κ1) is 22.6. The van der Waals surface area contributed by atoms with Crippen molar-refractivity contribution in [3.05, 3.63) is 53.6 Å². The molecule has 1 aliphatic heterocycles. The number of benzene rings is 2.